The molecule has 1 aliphatic carbocycles. The predicted molar refractivity (Wildman–Crippen MR) is 110 cm³/mol. The molecule has 0 radical (unpaired) electrons. The molecule has 0 aromatic carbocycles. The molecule has 148 valence electrons. The van der Waals surface area contributed by atoms with Crippen molar-refractivity contribution in [2.24, 2.45) is 4.99 Å². The highest BCUT2D eigenvalue weighted by atomic mass is 16.5. The second-order valence-electron chi connectivity index (χ2n) is 7.31. The van der Waals surface area contributed by atoms with Gasteiger partial charge in [-0.2, -0.15) is 0 Å². The van der Waals surface area contributed by atoms with E-state index < -0.39 is 0 Å². The SMILES string of the molecule is CN=C(NCCOC1CCCCCC1)NCCc1cn2cccc(C)c2n1. The molecule has 0 bridgehead atoms. The number of nitrogens with one attached hydrogen (secondary N) is 2. The Balaban J connectivity index is 1.35. The van der Waals surface area contributed by atoms with Crippen LogP contribution in [0, 0.1) is 6.92 Å². The fourth-order valence-corrected chi connectivity index (χ4v) is 3.66. The fraction of sp³-hybridized carbons (Fsp3) is 0.619. The van der Waals surface area contributed by atoms with Gasteiger partial charge in [-0.25, -0.2) is 4.98 Å². The normalized spacial score (nSPS) is 16.4. The van der Waals surface area contributed by atoms with Gasteiger partial charge in [0.05, 0.1) is 18.4 Å². The van der Waals surface area contributed by atoms with Crippen molar-refractivity contribution in [2.45, 2.75) is 58.0 Å². The Bertz CT molecular complexity index is 731. The molecule has 1 fully saturated rings. The summed E-state index contributed by atoms with van der Waals surface area (Å²) in [6, 6.07) is 4.14. The van der Waals surface area contributed by atoms with Gasteiger partial charge in [0.15, 0.2) is 5.96 Å². The zero-order valence-electron chi connectivity index (χ0n) is 16.7. The summed E-state index contributed by atoms with van der Waals surface area (Å²) in [4.78, 5) is 9.00. The highest BCUT2D eigenvalue weighted by Crippen LogP contribution is 2.19. The third kappa shape index (κ3) is 5.96. The smallest absolute Gasteiger partial charge is 0.191 e. The van der Waals surface area contributed by atoms with Gasteiger partial charge < -0.3 is 19.8 Å². The Kier molecular flexibility index (Phi) is 7.51. The monoisotopic (exact) mass is 371 g/mol. The minimum absolute atomic E-state index is 0.447. The van der Waals surface area contributed by atoms with E-state index in [-0.39, 0.29) is 0 Å². The zero-order chi connectivity index (χ0) is 18.9. The maximum absolute atomic E-state index is 6.02. The summed E-state index contributed by atoms with van der Waals surface area (Å²) >= 11 is 0. The van der Waals surface area contributed by atoms with E-state index in [9.17, 15) is 0 Å². The maximum atomic E-state index is 6.02. The first-order valence-corrected chi connectivity index (χ1v) is 10.3. The lowest BCUT2D eigenvalue weighted by molar-refractivity contribution is 0.0468. The predicted octanol–water partition coefficient (Wildman–Crippen LogP) is 3.09. The number of aromatic nitrogens is 2. The number of rotatable bonds is 7. The van der Waals surface area contributed by atoms with Crippen LogP contribution < -0.4 is 10.6 Å². The number of aryl methyl sites for hydroxylation is 1. The van der Waals surface area contributed by atoms with Crippen LogP contribution in [0.15, 0.2) is 29.5 Å². The molecular formula is C21H33N5O. The summed E-state index contributed by atoms with van der Waals surface area (Å²) in [6.07, 6.45) is 13.2. The van der Waals surface area contributed by atoms with Gasteiger partial charge >= 0.3 is 0 Å². The van der Waals surface area contributed by atoms with E-state index in [1.807, 2.05) is 6.20 Å². The van der Waals surface area contributed by atoms with E-state index in [2.05, 4.69) is 45.3 Å². The number of hydrogen-bond donors (Lipinski definition) is 2. The fourth-order valence-electron chi connectivity index (χ4n) is 3.66. The van der Waals surface area contributed by atoms with Crippen LogP contribution in [-0.2, 0) is 11.2 Å². The third-order valence-electron chi connectivity index (χ3n) is 5.18. The van der Waals surface area contributed by atoms with Crippen LogP contribution in [0.25, 0.3) is 5.65 Å². The average molecular weight is 372 g/mol. The van der Waals surface area contributed by atoms with Crippen LogP contribution in [0.1, 0.15) is 49.8 Å². The summed E-state index contributed by atoms with van der Waals surface area (Å²) in [5.74, 6) is 0.819. The Morgan fingerprint density at radius 2 is 2.00 bits per heavy atom. The Labute approximate surface area is 162 Å². The van der Waals surface area contributed by atoms with E-state index in [1.54, 1.807) is 7.05 Å². The van der Waals surface area contributed by atoms with Crippen molar-refractivity contribution < 1.29 is 4.74 Å². The van der Waals surface area contributed by atoms with Crippen LogP contribution in [-0.4, -0.2) is 48.2 Å². The summed E-state index contributed by atoms with van der Waals surface area (Å²) in [7, 11) is 1.80. The van der Waals surface area contributed by atoms with Crippen molar-refractivity contribution in [1.29, 1.82) is 0 Å². The molecule has 2 heterocycles. The van der Waals surface area contributed by atoms with Gasteiger partial charge in [-0.15, -0.1) is 0 Å². The van der Waals surface area contributed by atoms with Crippen LogP contribution in [0.2, 0.25) is 0 Å². The first-order valence-electron chi connectivity index (χ1n) is 10.3. The minimum atomic E-state index is 0.447. The van der Waals surface area contributed by atoms with Gasteiger partial charge in [-0.05, 0) is 31.4 Å². The average Bonchev–Trinajstić information content (AvgIpc) is 2.92. The summed E-state index contributed by atoms with van der Waals surface area (Å²) in [5.41, 5.74) is 3.32. The van der Waals surface area contributed by atoms with Gasteiger partial charge in [-0.3, -0.25) is 4.99 Å². The molecular weight excluding hydrogens is 338 g/mol. The lowest BCUT2D eigenvalue weighted by Gasteiger charge is -2.16. The summed E-state index contributed by atoms with van der Waals surface area (Å²) in [6.45, 7) is 4.40. The first kappa shape index (κ1) is 19.7. The van der Waals surface area contributed by atoms with Gasteiger partial charge in [0.2, 0.25) is 0 Å². The second-order valence-corrected chi connectivity index (χ2v) is 7.31. The number of aliphatic imine (C=N–C) groups is 1. The molecule has 0 spiro atoms. The van der Waals surface area contributed by atoms with Crippen molar-refractivity contribution in [3.63, 3.8) is 0 Å². The lowest BCUT2D eigenvalue weighted by Crippen LogP contribution is -2.40. The lowest BCUT2D eigenvalue weighted by atomic mass is 10.1. The van der Waals surface area contributed by atoms with E-state index in [0.717, 1.165) is 43.4 Å². The molecule has 3 rings (SSSR count). The topological polar surface area (TPSA) is 63.0 Å². The molecule has 0 atom stereocenters. The Morgan fingerprint density at radius 3 is 2.74 bits per heavy atom. The van der Waals surface area contributed by atoms with Crippen LogP contribution in [0.4, 0.5) is 0 Å². The van der Waals surface area contributed by atoms with Gasteiger partial charge in [0.1, 0.15) is 5.65 Å². The Hall–Kier alpha value is -2.08. The number of hydrogen-bond acceptors (Lipinski definition) is 3. The van der Waals surface area contributed by atoms with Crippen molar-refractivity contribution in [1.82, 2.24) is 20.0 Å². The van der Waals surface area contributed by atoms with Crippen molar-refractivity contribution >= 4 is 11.6 Å². The van der Waals surface area contributed by atoms with Crippen molar-refractivity contribution in [3.8, 4) is 0 Å². The minimum Gasteiger partial charge on any atom is -0.376 e. The first-order chi connectivity index (χ1) is 13.3. The molecule has 6 nitrogen and oxygen atoms in total. The quantitative estimate of drug-likeness (QED) is 0.340. The third-order valence-corrected chi connectivity index (χ3v) is 5.18. The number of fused-ring (bicyclic) bond motifs is 1. The largest absolute Gasteiger partial charge is 0.376 e. The molecule has 0 amide bonds. The number of imidazole rings is 1. The number of nitrogens with zero attached hydrogens (tertiary/aromatic N) is 3. The summed E-state index contributed by atoms with van der Waals surface area (Å²) in [5, 5.41) is 6.69. The molecule has 1 saturated carbocycles. The van der Waals surface area contributed by atoms with Crippen molar-refractivity contribution in [3.05, 3.63) is 35.8 Å². The molecule has 0 aliphatic heterocycles. The zero-order valence-corrected chi connectivity index (χ0v) is 16.7. The molecule has 2 aromatic rings. The second kappa shape index (κ2) is 10.3. The highest BCUT2D eigenvalue weighted by molar-refractivity contribution is 5.79. The van der Waals surface area contributed by atoms with Gasteiger partial charge in [0.25, 0.3) is 0 Å². The molecule has 1 aliphatic rings. The highest BCUT2D eigenvalue weighted by Gasteiger charge is 2.12. The van der Waals surface area contributed by atoms with E-state index in [1.165, 1.54) is 44.1 Å². The van der Waals surface area contributed by atoms with Gasteiger partial charge in [-0.1, -0.05) is 31.7 Å². The van der Waals surface area contributed by atoms with E-state index >= 15 is 0 Å². The Morgan fingerprint density at radius 1 is 1.22 bits per heavy atom. The maximum Gasteiger partial charge on any atom is 0.191 e. The van der Waals surface area contributed by atoms with Gasteiger partial charge in [0, 0.05) is 39.0 Å². The molecule has 2 N–H and O–H groups in total. The number of ether oxygens (including phenoxy) is 1. The van der Waals surface area contributed by atoms with Crippen LogP contribution >= 0.6 is 0 Å². The summed E-state index contributed by atoms with van der Waals surface area (Å²) < 4.78 is 8.10. The molecule has 2 aromatic heterocycles. The molecule has 6 heteroatoms. The number of pyridine rings is 1. The molecule has 27 heavy (non-hydrogen) atoms. The number of guanidine groups is 1. The van der Waals surface area contributed by atoms with E-state index in [0.29, 0.717) is 6.10 Å². The van der Waals surface area contributed by atoms with Crippen LogP contribution in [0.5, 0.6) is 0 Å². The van der Waals surface area contributed by atoms with Crippen LogP contribution in [0.3, 0.4) is 0 Å². The molecule has 0 saturated heterocycles. The van der Waals surface area contributed by atoms with Crippen molar-refractivity contribution in [2.75, 3.05) is 26.7 Å². The van der Waals surface area contributed by atoms with E-state index in [4.69, 9.17) is 9.72 Å². The standard InChI is InChI=1S/C21H33N5O/c1-17-8-7-14-26-16-18(25-20(17)26)11-12-23-21(22-2)24-13-15-27-19-9-5-3-4-6-10-19/h7-8,14,16,19H,3-6,9-13,15H2,1-2H3,(H2,22,23,24). The molecule has 0 unspecified atom stereocenters.